The van der Waals surface area contributed by atoms with E-state index in [1.54, 1.807) is 12.4 Å². The molecule has 4 nitrogen and oxygen atoms in total. The molecule has 0 spiro atoms. The molecule has 5 heteroatoms. The highest BCUT2D eigenvalue weighted by Crippen LogP contribution is 2.24. The monoisotopic (exact) mass is 331 g/mol. The second-order valence-corrected chi connectivity index (χ2v) is 6.59. The van der Waals surface area contributed by atoms with Gasteiger partial charge in [0.15, 0.2) is 0 Å². The lowest BCUT2D eigenvalue weighted by Gasteiger charge is -2.31. The second kappa shape index (κ2) is 7.75. The van der Waals surface area contributed by atoms with Crippen molar-refractivity contribution >= 4 is 11.6 Å². The van der Waals surface area contributed by atoms with Gasteiger partial charge in [0.05, 0.1) is 0 Å². The van der Waals surface area contributed by atoms with Crippen molar-refractivity contribution in [3.63, 3.8) is 0 Å². The van der Waals surface area contributed by atoms with Crippen molar-refractivity contribution in [3.05, 3.63) is 63.3 Å². The minimum Gasteiger partial charge on any atom is -0.329 e. The second-order valence-electron chi connectivity index (χ2n) is 6.24. The van der Waals surface area contributed by atoms with Gasteiger partial charge in [0.2, 0.25) is 0 Å². The first-order valence-corrected chi connectivity index (χ1v) is 8.58. The predicted molar refractivity (Wildman–Crippen MR) is 92.6 cm³/mol. The van der Waals surface area contributed by atoms with Crippen LogP contribution in [0.25, 0.3) is 0 Å². The number of aryl methyl sites for hydroxylation is 1. The summed E-state index contributed by atoms with van der Waals surface area (Å²) in [6, 6.07) is 7.81. The van der Waals surface area contributed by atoms with Gasteiger partial charge < -0.3 is 4.98 Å². The molecule has 2 aromatic rings. The van der Waals surface area contributed by atoms with Crippen molar-refractivity contribution in [2.24, 2.45) is 5.92 Å². The predicted octanol–water partition coefficient (Wildman–Crippen LogP) is 3.27. The molecule has 0 saturated carbocycles. The number of rotatable bonds is 5. The molecule has 0 amide bonds. The summed E-state index contributed by atoms with van der Waals surface area (Å²) in [5.74, 6) is 0.733. The van der Waals surface area contributed by atoms with Crippen molar-refractivity contribution in [1.82, 2.24) is 14.9 Å². The van der Waals surface area contributed by atoms with E-state index in [1.165, 1.54) is 12.8 Å². The van der Waals surface area contributed by atoms with Crippen LogP contribution in [0.5, 0.6) is 0 Å². The number of hydrogen-bond donors (Lipinski definition) is 1. The zero-order valence-corrected chi connectivity index (χ0v) is 13.9. The molecule has 0 bridgehead atoms. The number of nitrogens with zero attached hydrogens (tertiary/aromatic N) is 2. The average molecular weight is 332 g/mol. The number of likely N-dealkylation sites (tertiary alicyclic amines) is 1. The van der Waals surface area contributed by atoms with Gasteiger partial charge in [-0.2, -0.15) is 0 Å². The van der Waals surface area contributed by atoms with Gasteiger partial charge in [0, 0.05) is 24.5 Å². The Morgan fingerprint density at radius 1 is 1.22 bits per heavy atom. The first-order valence-electron chi connectivity index (χ1n) is 8.20. The molecular weight excluding hydrogens is 310 g/mol. The number of pyridine rings is 2. The number of piperidine rings is 1. The number of halogens is 1. The molecule has 1 aliphatic rings. The first-order chi connectivity index (χ1) is 11.2. The molecule has 3 rings (SSSR count). The van der Waals surface area contributed by atoms with Crippen molar-refractivity contribution in [2.45, 2.75) is 32.2 Å². The minimum absolute atomic E-state index is 0.0286. The molecular formula is C18H22ClN3O. The normalized spacial score (nSPS) is 16.6. The van der Waals surface area contributed by atoms with Crippen LogP contribution in [0.2, 0.25) is 5.15 Å². The third-order valence-electron chi connectivity index (χ3n) is 4.66. The topological polar surface area (TPSA) is 49.0 Å². The van der Waals surface area contributed by atoms with Gasteiger partial charge in [-0.25, -0.2) is 4.98 Å². The highest BCUT2D eigenvalue weighted by atomic mass is 35.5. The summed E-state index contributed by atoms with van der Waals surface area (Å²) in [5.41, 5.74) is 2.03. The van der Waals surface area contributed by atoms with Gasteiger partial charge in [0.1, 0.15) is 5.15 Å². The van der Waals surface area contributed by atoms with Gasteiger partial charge >= 0.3 is 0 Å². The summed E-state index contributed by atoms with van der Waals surface area (Å²) in [5, 5.41) is 0.633. The van der Waals surface area contributed by atoms with Crippen LogP contribution in [-0.2, 0) is 13.0 Å². The molecule has 0 radical (unpaired) electrons. The third-order valence-corrected chi connectivity index (χ3v) is 5.00. The lowest BCUT2D eigenvalue weighted by atomic mass is 9.90. The lowest BCUT2D eigenvalue weighted by Crippen LogP contribution is -2.35. The van der Waals surface area contributed by atoms with E-state index < -0.39 is 0 Å². The fourth-order valence-corrected chi connectivity index (χ4v) is 3.43. The number of hydrogen-bond acceptors (Lipinski definition) is 3. The quantitative estimate of drug-likeness (QED) is 0.855. The molecule has 1 fully saturated rings. The van der Waals surface area contributed by atoms with Crippen molar-refractivity contribution in [2.75, 3.05) is 13.1 Å². The molecule has 1 saturated heterocycles. The fraction of sp³-hybridized carbons (Fsp3) is 0.444. The molecule has 0 atom stereocenters. The van der Waals surface area contributed by atoms with Crippen molar-refractivity contribution in [1.29, 1.82) is 0 Å². The molecule has 3 heterocycles. The lowest BCUT2D eigenvalue weighted by molar-refractivity contribution is 0.172. The Morgan fingerprint density at radius 3 is 2.74 bits per heavy atom. The number of aromatic amines is 1. The van der Waals surface area contributed by atoms with E-state index in [0.29, 0.717) is 5.15 Å². The highest BCUT2D eigenvalue weighted by molar-refractivity contribution is 6.30. The van der Waals surface area contributed by atoms with Crippen LogP contribution >= 0.6 is 11.6 Å². The van der Waals surface area contributed by atoms with E-state index in [-0.39, 0.29) is 5.56 Å². The molecule has 2 aromatic heterocycles. The summed E-state index contributed by atoms with van der Waals surface area (Å²) in [6.45, 7) is 2.86. The molecule has 0 aliphatic carbocycles. The Hall–Kier alpha value is -1.65. The summed E-state index contributed by atoms with van der Waals surface area (Å²) in [7, 11) is 0. The number of nitrogens with one attached hydrogen (secondary N) is 1. The Kier molecular flexibility index (Phi) is 5.47. The molecule has 0 aromatic carbocycles. The highest BCUT2D eigenvalue weighted by Gasteiger charge is 2.20. The summed E-state index contributed by atoms with van der Waals surface area (Å²) >= 11 is 6.12. The van der Waals surface area contributed by atoms with Crippen LogP contribution in [0.1, 0.15) is 30.4 Å². The zero-order chi connectivity index (χ0) is 16.1. The van der Waals surface area contributed by atoms with Crippen molar-refractivity contribution in [3.8, 4) is 0 Å². The maximum absolute atomic E-state index is 11.7. The van der Waals surface area contributed by atoms with Gasteiger partial charge in [-0.15, -0.1) is 0 Å². The van der Waals surface area contributed by atoms with E-state index in [4.69, 9.17) is 11.6 Å². The molecule has 122 valence electrons. The van der Waals surface area contributed by atoms with Gasteiger partial charge in [-0.3, -0.25) is 9.69 Å². The zero-order valence-electron chi connectivity index (χ0n) is 13.2. The Labute approximate surface area is 141 Å². The molecule has 23 heavy (non-hydrogen) atoms. The van der Waals surface area contributed by atoms with Crippen LogP contribution in [-0.4, -0.2) is 28.0 Å². The summed E-state index contributed by atoms with van der Waals surface area (Å²) in [4.78, 5) is 21.0. The number of aromatic nitrogens is 2. The summed E-state index contributed by atoms with van der Waals surface area (Å²) in [6.07, 6.45) is 7.93. The Bertz CT molecular complexity index is 692. The van der Waals surface area contributed by atoms with Crippen LogP contribution in [0.15, 0.2) is 41.5 Å². The van der Waals surface area contributed by atoms with Gasteiger partial charge in [0.25, 0.3) is 5.56 Å². The van der Waals surface area contributed by atoms with E-state index in [1.807, 2.05) is 18.2 Å². The van der Waals surface area contributed by atoms with Crippen LogP contribution in [0.4, 0.5) is 0 Å². The molecule has 1 N–H and O–H groups in total. The maximum atomic E-state index is 11.7. The minimum atomic E-state index is 0.0286. The smallest absolute Gasteiger partial charge is 0.252 e. The SMILES string of the molecule is O=c1[nH]cccc1CN1CCC(CCc2cccnc2Cl)CC1. The van der Waals surface area contributed by atoms with E-state index in [9.17, 15) is 4.79 Å². The van der Waals surface area contributed by atoms with Crippen molar-refractivity contribution < 1.29 is 0 Å². The number of H-pyrrole nitrogens is 1. The first kappa shape index (κ1) is 16.2. The van der Waals surface area contributed by atoms with E-state index in [2.05, 4.69) is 20.9 Å². The van der Waals surface area contributed by atoms with Crippen LogP contribution in [0.3, 0.4) is 0 Å². The summed E-state index contributed by atoms with van der Waals surface area (Å²) < 4.78 is 0. The maximum Gasteiger partial charge on any atom is 0.252 e. The average Bonchev–Trinajstić information content (AvgIpc) is 2.57. The van der Waals surface area contributed by atoms with E-state index >= 15 is 0 Å². The Morgan fingerprint density at radius 2 is 2.00 bits per heavy atom. The van der Waals surface area contributed by atoms with Gasteiger partial charge in [-0.1, -0.05) is 23.7 Å². The largest absolute Gasteiger partial charge is 0.329 e. The fourth-order valence-electron chi connectivity index (χ4n) is 3.22. The Balaban J connectivity index is 1.46. The molecule has 1 aliphatic heterocycles. The van der Waals surface area contributed by atoms with Crippen LogP contribution in [0, 0.1) is 5.92 Å². The molecule has 0 unspecified atom stereocenters. The van der Waals surface area contributed by atoms with Gasteiger partial charge in [-0.05, 0) is 62.4 Å². The third kappa shape index (κ3) is 4.43. The standard InChI is InChI=1S/C18H22ClN3O/c19-17-15(3-1-9-20-17)6-5-14-7-11-22(12-8-14)13-16-4-2-10-21-18(16)23/h1-4,9-10,14H,5-8,11-13H2,(H,21,23). The van der Waals surface area contributed by atoms with E-state index in [0.717, 1.165) is 49.5 Å². The van der Waals surface area contributed by atoms with Crippen LogP contribution < -0.4 is 5.56 Å².